The highest BCUT2D eigenvalue weighted by molar-refractivity contribution is 5.94. The Bertz CT molecular complexity index is 483. The van der Waals surface area contributed by atoms with Gasteiger partial charge in [-0.1, -0.05) is 0 Å². The minimum Gasteiger partial charge on any atom is -0.394 e. The summed E-state index contributed by atoms with van der Waals surface area (Å²) in [5, 5.41) is 11.3. The Hall–Kier alpha value is -1.63. The van der Waals surface area contributed by atoms with Crippen molar-refractivity contribution < 1.29 is 27.5 Å². The lowest BCUT2D eigenvalue weighted by Gasteiger charge is -2.23. The van der Waals surface area contributed by atoms with Gasteiger partial charge in [-0.3, -0.25) is 4.79 Å². The molecule has 0 aliphatic carbocycles. The average Bonchev–Trinajstić information content (AvgIpc) is 2.26. The SMILES string of the molecule is CC(C)(CO)NC(=O)c1ccc(C(F)(F)F)c(F)c1. The maximum Gasteiger partial charge on any atom is 0.419 e. The molecule has 106 valence electrons. The van der Waals surface area contributed by atoms with Gasteiger partial charge < -0.3 is 10.4 Å². The molecule has 2 N–H and O–H groups in total. The lowest BCUT2D eigenvalue weighted by molar-refractivity contribution is -0.140. The van der Waals surface area contributed by atoms with E-state index in [0.717, 1.165) is 6.07 Å². The Morgan fingerprint density at radius 2 is 1.89 bits per heavy atom. The molecule has 0 atom stereocenters. The maximum atomic E-state index is 13.3. The summed E-state index contributed by atoms with van der Waals surface area (Å²) in [5.74, 6) is -2.27. The predicted molar refractivity (Wildman–Crippen MR) is 60.0 cm³/mol. The second-order valence-electron chi connectivity index (χ2n) is 4.69. The van der Waals surface area contributed by atoms with Crippen LogP contribution in [-0.2, 0) is 6.18 Å². The quantitative estimate of drug-likeness (QED) is 0.834. The van der Waals surface area contributed by atoms with Crippen LogP contribution in [0.3, 0.4) is 0 Å². The first-order valence-electron chi connectivity index (χ1n) is 5.37. The van der Waals surface area contributed by atoms with Crippen LogP contribution >= 0.6 is 0 Å². The van der Waals surface area contributed by atoms with Gasteiger partial charge in [0.15, 0.2) is 0 Å². The number of hydrogen-bond donors (Lipinski definition) is 2. The number of amides is 1. The highest BCUT2D eigenvalue weighted by Crippen LogP contribution is 2.31. The van der Waals surface area contributed by atoms with Crippen LogP contribution in [0.25, 0.3) is 0 Å². The molecule has 0 radical (unpaired) electrons. The van der Waals surface area contributed by atoms with Crippen molar-refractivity contribution in [2.24, 2.45) is 0 Å². The Balaban J connectivity index is 2.99. The van der Waals surface area contributed by atoms with Crippen molar-refractivity contribution in [3.05, 3.63) is 35.1 Å². The van der Waals surface area contributed by atoms with Crippen molar-refractivity contribution in [2.75, 3.05) is 6.61 Å². The van der Waals surface area contributed by atoms with Crippen LogP contribution in [0.15, 0.2) is 18.2 Å². The van der Waals surface area contributed by atoms with Gasteiger partial charge in [0, 0.05) is 5.56 Å². The summed E-state index contributed by atoms with van der Waals surface area (Å²) >= 11 is 0. The number of alkyl halides is 3. The molecule has 19 heavy (non-hydrogen) atoms. The fourth-order valence-corrected chi connectivity index (χ4v) is 1.31. The topological polar surface area (TPSA) is 49.3 Å². The van der Waals surface area contributed by atoms with Crippen LogP contribution < -0.4 is 5.32 Å². The predicted octanol–water partition coefficient (Wildman–Crippen LogP) is 2.35. The van der Waals surface area contributed by atoms with E-state index >= 15 is 0 Å². The van der Waals surface area contributed by atoms with Crippen LogP contribution in [0.4, 0.5) is 17.6 Å². The molecule has 1 aromatic rings. The van der Waals surface area contributed by atoms with Crippen LogP contribution in [0.2, 0.25) is 0 Å². The number of carbonyl (C=O) groups excluding carboxylic acids is 1. The third-order valence-corrected chi connectivity index (χ3v) is 2.38. The first-order chi connectivity index (χ1) is 8.57. The van der Waals surface area contributed by atoms with Crippen molar-refractivity contribution in [2.45, 2.75) is 25.6 Å². The Labute approximate surface area is 107 Å². The van der Waals surface area contributed by atoms with E-state index in [-0.39, 0.29) is 12.2 Å². The molecule has 1 rings (SSSR count). The number of hydrogen-bond acceptors (Lipinski definition) is 2. The Morgan fingerprint density at radius 1 is 1.32 bits per heavy atom. The van der Waals surface area contributed by atoms with E-state index < -0.39 is 29.0 Å². The molecule has 0 spiro atoms. The summed E-state index contributed by atoms with van der Waals surface area (Å²) in [6.07, 6.45) is -4.80. The molecule has 0 aliphatic heterocycles. The Morgan fingerprint density at radius 3 is 2.32 bits per heavy atom. The molecule has 0 bridgehead atoms. The summed E-state index contributed by atoms with van der Waals surface area (Å²) in [4.78, 5) is 11.7. The van der Waals surface area contributed by atoms with Crippen molar-refractivity contribution in [3.63, 3.8) is 0 Å². The van der Waals surface area contributed by atoms with E-state index in [2.05, 4.69) is 5.32 Å². The molecule has 3 nitrogen and oxygen atoms in total. The molecule has 0 unspecified atom stereocenters. The monoisotopic (exact) mass is 279 g/mol. The summed E-state index contributed by atoms with van der Waals surface area (Å²) < 4.78 is 50.3. The Kier molecular flexibility index (Phi) is 4.19. The van der Waals surface area contributed by atoms with Gasteiger partial charge in [0.05, 0.1) is 17.7 Å². The van der Waals surface area contributed by atoms with E-state index in [1.54, 1.807) is 0 Å². The van der Waals surface area contributed by atoms with Crippen molar-refractivity contribution in [1.82, 2.24) is 5.32 Å². The normalized spacial score (nSPS) is 12.4. The standard InChI is InChI=1S/C12H13F4NO2/c1-11(2,6-18)17-10(19)7-3-4-8(9(13)5-7)12(14,15)16/h3-5,18H,6H2,1-2H3,(H,17,19). The van der Waals surface area contributed by atoms with Crippen molar-refractivity contribution >= 4 is 5.91 Å². The maximum absolute atomic E-state index is 13.3. The fourth-order valence-electron chi connectivity index (χ4n) is 1.31. The summed E-state index contributed by atoms with van der Waals surface area (Å²) in [7, 11) is 0. The molecule has 0 fully saturated rings. The highest BCUT2D eigenvalue weighted by atomic mass is 19.4. The largest absolute Gasteiger partial charge is 0.419 e. The van der Waals surface area contributed by atoms with Gasteiger partial charge in [-0.25, -0.2) is 4.39 Å². The van der Waals surface area contributed by atoms with E-state index in [1.165, 1.54) is 13.8 Å². The number of aliphatic hydroxyl groups is 1. The molecular formula is C12H13F4NO2. The molecule has 1 amide bonds. The average molecular weight is 279 g/mol. The van der Waals surface area contributed by atoms with Gasteiger partial charge >= 0.3 is 6.18 Å². The molecule has 0 saturated carbocycles. The van der Waals surface area contributed by atoms with Gasteiger partial charge in [0.25, 0.3) is 5.91 Å². The van der Waals surface area contributed by atoms with E-state index in [4.69, 9.17) is 5.11 Å². The smallest absolute Gasteiger partial charge is 0.394 e. The molecule has 0 aromatic heterocycles. The van der Waals surface area contributed by atoms with Crippen LogP contribution in [0.5, 0.6) is 0 Å². The highest BCUT2D eigenvalue weighted by Gasteiger charge is 2.34. The molecule has 7 heteroatoms. The summed E-state index contributed by atoms with van der Waals surface area (Å²) in [5.41, 5.74) is -2.62. The minimum atomic E-state index is -4.80. The number of halogens is 4. The number of rotatable bonds is 3. The molecule has 0 heterocycles. The van der Waals surface area contributed by atoms with Gasteiger partial charge in [-0.05, 0) is 32.0 Å². The van der Waals surface area contributed by atoms with E-state index in [0.29, 0.717) is 12.1 Å². The van der Waals surface area contributed by atoms with Crippen LogP contribution in [-0.4, -0.2) is 23.2 Å². The fraction of sp³-hybridized carbons (Fsp3) is 0.417. The van der Waals surface area contributed by atoms with E-state index in [9.17, 15) is 22.4 Å². The minimum absolute atomic E-state index is 0.243. The summed E-state index contributed by atoms with van der Waals surface area (Å²) in [6.45, 7) is 2.68. The lowest BCUT2D eigenvalue weighted by atomic mass is 10.1. The van der Waals surface area contributed by atoms with Crippen LogP contribution in [0.1, 0.15) is 29.8 Å². The molecule has 0 aliphatic rings. The third-order valence-electron chi connectivity index (χ3n) is 2.38. The van der Waals surface area contributed by atoms with Gasteiger partial charge in [0.2, 0.25) is 0 Å². The first-order valence-corrected chi connectivity index (χ1v) is 5.37. The first kappa shape index (κ1) is 15.4. The molecular weight excluding hydrogens is 266 g/mol. The number of aliphatic hydroxyl groups excluding tert-OH is 1. The third kappa shape index (κ3) is 3.92. The molecule has 1 aromatic carbocycles. The van der Waals surface area contributed by atoms with Gasteiger partial charge in [-0.15, -0.1) is 0 Å². The van der Waals surface area contributed by atoms with Gasteiger partial charge in [0.1, 0.15) is 5.82 Å². The van der Waals surface area contributed by atoms with Crippen molar-refractivity contribution in [1.29, 1.82) is 0 Å². The molecule has 0 saturated heterocycles. The van der Waals surface area contributed by atoms with Crippen molar-refractivity contribution in [3.8, 4) is 0 Å². The second-order valence-corrected chi connectivity index (χ2v) is 4.69. The van der Waals surface area contributed by atoms with Crippen LogP contribution in [0, 0.1) is 5.82 Å². The summed E-state index contributed by atoms with van der Waals surface area (Å²) in [6, 6.07) is 1.91. The van der Waals surface area contributed by atoms with E-state index in [1.807, 2.05) is 0 Å². The number of benzene rings is 1. The lowest BCUT2D eigenvalue weighted by Crippen LogP contribution is -2.46. The zero-order valence-electron chi connectivity index (χ0n) is 10.3. The number of nitrogens with one attached hydrogen (secondary N) is 1. The second kappa shape index (κ2) is 5.16. The zero-order chi connectivity index (χ0) is 14.8. The number of carbonyl (C=O) groups is 1. The zero-order valence-corrected chi connectivity index (χ0v) is 10.3. The van der Waals surface area contributed by atoms with Gasteiger partial charge in [-0.2, -0.15) is 13.2 Å².